The first-order chi connectivity index (χ1) is 6.79. The maximum Gasteiger partial charge on any atom is 0.242 e. The fourth-order valence-corrected chi connectivity index (χ4v) is 2.44. The number of hydrogen-bond donors (Lipinski definition) is 2. The predicted molar refractivity (Wildman–Crippen MR) is 65.0 cm³/mol. The minimum absolute atomic E-state index is 0.000720. The maximum atomic E-state index is 11.1. The number of carbonyl (C=O) groups is 1. The van der Waals surface area contributed by atoms with E-state index in [1.807, 2.05) is 0 Å². The number of primary amides is 1. The number of nitrogens with two attached hydrogens (primary N) is 1. The van der Waals surface area contributed by atoms with Gasteiger partial charge in [-0.2, -0.15) is 0 Å². The Hall–Kier alpha value is -0.710. The summed E-state index contributed by atoms with van der Waals surface area (Å²) in [5.74, 6) is 0.594. The molecule has 0 aromatic carbocycles. The quantitative estimate of drug-likeness (QED) is 0.762. The number of aliphatic imine (C=N–C) groups is 1. The molecule has 0 spiro atoms. The van der Waals surface area contributed by atoms with Crippen molar-refractivity contribution in [2.24, 2.45) is 10.7 Å². The fourth-order valence-electron chi connectivity index (χ4n) is 1.11. The van der Waals surface area contributed by atoms with Crippen LogP contribution < -0.4 is 11.1 Å². The van der Waals surface area contributed by atoms with Gasteiger partial charge in [0.15, 0.2) is 5.17 Å². The Labute approximate surface area is 95.1 Å². The molecular weight excluding hydrogens is 210 g/mol. The van der Waals surface area contributed by atoms with Gasteiger partial charge in [-0.25, -0.2) is 0 Å². The van der Waals surface area contributed by atoms with Crippen molar-refractivity contribution in [2.75, 3.05) is 5.75 Å². The van der Waals surface area contributed by atoms with Crippen LogP contribution in [0.3, 0.4) is 0 Å². The van der Waals surface area contributed by atoms with Crippen LogP contribution in [0.4, 0.5) is 0 Å². The van der Waals surface area contributed by atoms with Crippen molar-refractivity contribution in [2.45, 2.75) is 45.2 Å². The lowest BCUT2D eigenvalue weighted by atomic mass is 10.0. The van der Waals surface area contributed by atoms with Crippen LogP contribution in [0.25, 0.3) is 0 Å². The van der Waals surface area contributed by atoms with Crippen molar-refractivity contribution in [3.05, 3.63) is 0 Å². The van der Waals surface area contributed by atoms with Crippen molar-refractivity contribution >= 4 is 22.8 Å². The number of nitrogens with one attached hydrogen (secondary N) is 1. The number of thioether (sulfide) groups is 1. The number of rotatable bonds is 3. The van der Waals surface area contributed by atoms with Crippen LogP contribution in [0, 0.1) is 0 Å². The van der Waals surface area contributed by atoms with Crippen LogP contribution in [0.15, 0.2) is 4.99 Å². The van der Waals surface area contributed by atoms with Crippen LogP contribution in [0.1, 0.15) is 34.1 Å². The van der Waals surface area contributed by atoms with Gasteiger partial charge in [0.1, 0.15) is 5.54 Å². The molecule has 86 valence electrons. The highest BCUT2D eigenvalue weighted by atomic mass is 32.2. The summed E-state index contributed by atoms with van der Waals surface area (Å²) in [6, 6.07) is 0. The van der Waals surface area contributed by atoms with Gasteiger partial charge >= 0.3 is 0 Å². The van der Waals surface area contributed by atoms with Crippen LogP contribution in [0.2, 0.25) is 0 Å². The van der Waals surface area contributed by atoms with E-state index in [0.29, 0.717) is 0 Å². The molecule has 0 aromatic rings. The molecular formula is C10H19N3OS. The van der Waals surface area contributed by atoms with Gasteiger partial charge in [-0.15, -0.1) is 0 Å². The summed E-state index contributed by atoms with van der Waals surface area (Å²) in [5.41, 5.74) is 4.55. The van der Waals surface area contributed by atoms with Gasteiger partial charge in [0.2, 0.25) is 5.91 Å². The Bertz CT molecular complexity index is 301. The number of amidine groups is 1. The van der Waals surface area contributed by atoms with Gasteiger partial charge in [-0.3, -0.25) is 9.79 Å². The van der Waals surface area contributed by atoms with E-state index in [1.54, 1.807) is 25.6 Å². The standard InChI is InChI=1S/C10H19N3OS/c1-5-10(4)6-15-8(13-10)12-9(2,3)7(11)14/h5-6H2,1-4H3,(H2,11,14)(H,12,13). The number of hydrogen-bond acceptors (Lipinski definition) is 4. The first-order valence-corrected chi connectivity index (χ1v) is 6.08. The summed E-state index contributed by atoms with van der Waals surface area (Å²) >= 11 is 1.65. The second-order valence-electron chi connectivity index (χ2n) is 4.67. The number of amides is 1. The molecule has 3 N–H and O–H groups in total. The monoisotopic (exact) mass is 229 g/mol. The maximum absolute atomic E-state index is 11.1. The normalized spacial score (nSPS) is 26.3. The van der Waals surface area contributed by atoms with E-state index in [4.69, 9.17) is 5.73 Å². The summed E-state index contributed by atoms with van der Waals surface area (Å²) in [5, 5.41) is 3.90. The molecule has 0 saturated carbocycles. The zero-order chi connectivity index (χ0) is 11.7. The summed E-state index contributed by atoms with van der Waals surface area (Å²) in [6.45, 7) is 7.76. The molecule has 1 heterocycles. The molecule has 0 fully saturated rings. The van der Waals surface area contributed by atoms with E-state index < -0.39 is 5.54 Å². The highest BCUT2D eigenvalue weighted by Gasteiger charge is 2.33. The van der Waals surface area contributed by atoms with E-state index >= 15 is 0 Å². The van der Waals surface area contributed by atoms with E-state index in [-0.39, 0.29) is 11.4 Å². The van der Waals surface area contributed by atoms with Crippen LogP contribution in [-0.2, 0) is 4.79 Å². The molecule has 0 aliphatic carbocycles. The van der Waals surface area contributed by atoms with Gasteiger partial charge in [0.25, 0.3) is 0 Å². The third-order valence-corrected chi connectivity index (χ3v) is 3.92. The van der Waals surface area contributed by atoms with Crippen molar-refractivity contribution in [3.8, 4) is 0 Å². The summed E-state index contributed by atoms with van der Waals surface area (Å²) < 4.78 is 0. The molecule has 1 atom stereocenters. The van der Waals surface area contributed by atoms with E-state index in [2.05, 4.69) is 24.2 Å². The Balaban J connectivity index is 2.70. The Kier molecular flexibility index (Phi) is 3.33. The average Bonchev–Trinajstić information content (AvgIpc) is 2.47. The van der Waals surface area contributed by atoms with Crippen LogP contribution in [-0.4, -0.2) is 27.9 Å². The van der Waals surface area contributed by atoms with Gasteiger partial charge < -0.3 is 11.1 Å². The van der Waals surface area contributed by atoms with E-state index in [0.717, 1.165) is 17.3 Å². The minimum Gasteiger partial charge on any atom is -0.368 e. The van der Waals surface area contributed by atoms with Crippen molar-refractivity contribution < 1.29 is 4.79 Å². The molecule has 0 radical (unpaired) electrons. The van der Waals surface area contributed by atoms with Crippen LogP contribution in [0.5, 0.6) is 0 Å². The number of carbonyl (C=O) groups excluding carboxylic acids is 1. The van der Waals surface area contributed by atoms with Gasteiger partial charge in [-0.1, -0.05) is 18.7 Å². The molecule has 1 aliphatic heterocycles. The topological polar surface area (TPSA) is 67.5 Å². The second-order valence-corrected chi connectivity index (χ2v) is 5.63. The summed E-state index contributed by atoms with van der Waals surface area (Å²) in [4.78, 5) is 15.7. The molecule has 1 aliphatic rings. The molecule has 4 nitrogen and oxygen atoms in total. The molecule has 5 heteroatoms. The zero-order valence-electron chi connectivity index (χ0n) is 9.76. The van der Waals surface area contributed by atoms with Crippen LogP contribution >= 0.6 is 11.8 Å². The summed E-state index contributed by atoms with van der Waals surface area (Å²) in [7, 11) is 0. The SMILES string of the molecule is CCC1(C)CSC(NC(C)(C)C(N)=O)=N1. The number of nitrogens with zero attached hydrogens (tertiary/aromatic N) is 1. The smallest absolute Gasteiger partial charge is 0.242 e. The molecule has 1 unspecified atom stereocenters. The van der Waals surface area contributed by atoms with Crippen molar-refractivity contribution in [1.82, 2.24) is 5.32 Å². The Morgan fingerprint density at radius 2 is 2.33 bits per heavy atom. The predicted octanol–water partition coefficient (Wildman–Crippen LogP) is 1.11. The second kappa shape index (κ2) is 4.04. The van der Waals surface area contributed by atoms with Crippen molar-refractivity contribution in [3.63, 3.8) is 0 Å². The highest BCUT2D eigenvalue weighted by molar-refractivity contribution is 8.14. The largest absolute Gasteiger partial charge is 0.368 e. The molecule has 1 amide bonds. The molecule has 0 bridgehead atoms. The lowest BCUT2D eigenvalue weighted by Gasteiger charge is -2.23. The Morgan fingerprint density at radius 3 is 2.73 bits per heavy atom. The minimum atomic E-state index is -0.731. The Morgan fingerprint density at radius 1 is 1.73 bits per heavy atom. The summed E-state index contributed by atoms with van der Waals surface area (Å²) in [6.07, 6.45) is 1.00. The third-order valence-electron chi connectivity index (χ3n) is 2.69. The van der Waals surface area contributed by atoms with E-state index in [9.17, 15) is 4.79 Å². The first kappa shape index (κ1) is 12.4. The average molecular weight is 229 g/mol. The zero-order valence-corrected chi connectivity index (χ0v) is 10.6. The lowest BCUT2D eigenvalue weighted by Crippen LogP contribution is -2.52. The van der Waals surface area contributed by atoms with Gasteiger partial charge in [0.05, 0.1) is 5.54 Å². The molecule has 0 saturated heterocycles. The third kappa shape index (κ3) is 2.87. The fraction of sp³-hybridized carbons (Fsp3) is 0.800. The molecule has 0 aromatic heterocycles. The first-order valence-electron chi connectivity index (χ1n) is 5.10. The van der Waals surface area contributed by atoms with Gasteiger partial charge in [0, 0.05) is 5.75 Å². The van der Waals surface area contributed by atoms with Crippen molar-refractivity contribution in [1.29, 1.82) is 0 Å². The molecule has 1 rings (SSSR count). The molecule has 15 heavy (non-hydrogen) atoms. The highest BCUT2D eigenvalue weighted by Crippen LogP contribution is 2.29. The van der Waals surface area contributed by atoms with Gasteiger partial charge in [-0.05, 0) is 27.2 Å². The van der Waals surface area contributed by atoms with E-state index in [1.165, 1.54) is 0 Å². The lowest BCUT2D eigenvalue weighted by molar-refractivity contribution is -0.122.